The van der Waals surface area contributed by atoms with Crippen LogP contribution in [0.25, 0.3) is 0 Å². The van der Waals surface area contributed by atoms with Crippen LogP contribution in [0, 0.1) is 0 Å². The summed E-state index contributed by atoms with van der Waals surface area (Å²) >= 11 is 0. The third-order valence-corrected chi connectivity index (χ3v) is 17.3. The second-order valence-electron chi connectivity index (χ2n) is 25.3. The van der Waals surface area contributed by atoms with E-state index in [-0.39, 0.29) is 18.9 Å². The second kappa shape index (κ2) is 59.6. The van der Waals surface area contributed by atoms with E-state index < -0.39 is 86.8 Å². The Kier molecular flexibility index (Phi) is 55.0. The van der Waals surface area contributed by atoms with Gasteiger partial charge < -0.3 is 65.1 Å². The number of ether oxygens (including phenoxy) is 4. The molecule has 0 aromatic carbocycles. The highest BCUT2D eigenvalue weighted by atomic mass is 16.7. The van der Waals surface area contributed by atoms with Gasteiger partial charge >= 0.3 is 0 Å². The van der Waals surface area contributed by atoms with E-state index in [2.05, 4.69) is 104 Å². The van der Waals surface area contributed by atoms with Crippen LogP contribution in [0.1, 0.15) is 284 Å². The summed E-state index contributed by atoms with van der Waals surface area (Å²) in [6.45, 7) is 2.71. The Morgan fingerprint density at radius 1 is 0.411 bits per heavy atom. The highest BCUT2D eigenvalue weighted by Crippen LogP contribution is 2.30. The maximum absolute atomic E-state index is 13.4. The monoisotopic (exact) mass is 1270 g/mol. The second-order valence-corrected chi connectivity index (χ2v) is 25.3. The number of carbonyl (C=O) groups is 1. The Labute approximate surface area is 547 Å². The minimum Gasteiger partial charge on any atom is -0.394 e. The molecule has 9 N–H and O–H groups in total. The van der Waals surface area contributed by atoms with Gasteiger partial charge in [0.25, 0.3) is 0 Å². The minimum absolute atomic E-state index is 0.243. The summed E-state index contributed by atoms with van der Waals surface area (Å²) in [7, 11) is 0. The fourth-order valence-corrected chi connectivity index (χ4v) is 11.5. The zero-order chi connectivity index (χ0) is 65.2. The van der Waals surface area contributed by atoms with Gasteiger partial charge in [-0.1, -0.05) is 297 Å². The summed E-state index contributed by atoms with van der Waals surface area (Å²) in [5, 5.41) is 87.5. The van der Waals surface area contributed by atoms with E-state index in [1.807, 2.05) is 6.08 Å². The SMILES string of the molecule is CC/C=C\C/C=C\C/C=C\C/C=C\C/C=C\C/C=C\C/C=C\CCCCCCCCCCCCCC(=O)NC(COC1OC(CO)C(OC2OC(CO)C(O)C(O)C2O)C(O)C1O)C(O)/C=C/CCCCCCCCCCCCCCCCCCCCCCC. The van der Waals surface area contributed by atoms with E-state index >= 15 is 0 Å². The molecule has 2 rings (SSSR count). The number of hydrogen-bond donors (Lipinski definition) is 9. The molecule has 0 bridgehead atoms. The van der Waals surface area contributed by atoms with Gasteiger partial charge in [0, 0.05) is 6.42 Å². The standard InChI is InChI=1S/C76H133NO13/c1-3-5-7-9-11-13-15-17-19-21-23-25-27-28-29-30-31-32-33-34-35-36-38-40-42-44-46-48-50-52-54-56-58-60-68(81)77-64(63-87-75-73(86)71(84)74(67(62-79)89-75)90-76-72(85)70(83)69(82)66(61-78)88-76)65(80)59-57-55-53-51-49-47-45-43-41-39-37-26-24-22-20-18-16-14-12-10-8-6-4-2/h5,7,11,13,17,19,23,25,28-29,31-32,34-35,57,59,64-67,69-76,78-80,82-86H,3-4,6,8-10,12,14-16,18,20-22,24,26-27,30,33,36-56,58,60-63H2,1-2H3,(H,77,81)/b7-5-,13-11-,19-17-,25-23-,29-28-,32-31-,35-34-,59-57+. The fraction of sp³-hybridized carbons (Fsp3) is 0.776. The zero-order valence-electron chi connectivity index (χ0n) is 56.6. The van der Waals surface area contributed by atoms with E-state index in [0.717, 1.165) is 89.9 Å². The maximum Gasteiger partial charge on any atom is 0.220 e. The molecular formula is C76H133NO13. The van der Waals surface area contributed by atoms with Crippen molar-refractivity contribution in [1.29, 1.82) is 0 Å². The molecule has 2 aliphatic rings. The molecule has 12 atom stereocenters. The summed E-state index contributed by atoms with van der Waals surface area (Å²) < 4.78 is 22.9. The van der Waals surface area contributed by atoms with Crippen molar-refractivity contribution in [3.63, 3.8) is 0 Å². The lowest BCUT2D eigenvalue weighted by Crippen LogP contribution is -2.65. The van der Waals surface area contributed by atoms with Gasteiger partial charge in [0.1, 0.15) is 48.8 Å². The number of amides is 1. The fourth-order valence-electron chi connectivity index (χ4n) is 11.5. The van der Waals surface area contributed by atoms with Gasteiger partial charge in [0.2, 0.25) is 5.91 Å². The van der Waals surface area contributed by atoms with Crippen molar-refractivity contribution in [2.75, 3.05) is 19.8 Å². The number of unbranched alkanes of at least 4 members (excludes halogenated alkanes) is 32. The molecule has 12 unspecified atom stereocenters. The number of nitrogens with one attached hydrogen (secondary N) is 1. The van der Waals surface area contributed by atoms with Gasteiger partial charge in [-0.3, -0.25) is 4.79 Å². The molecule has 0 aromatic rings. The minimum atomic E-state index is -1.79. The first kappa shape index (κ1) is 83.0. The van der Waals surface area contributed by atoms with Crippen molar-refractivity contribution in [1.82, 2.24) is 5.32 Å². The first-order valence-electron chi connectivity index (χ1n) is 36.5. The van der Waals surface area contributed by atoms with Crippen molar-refractivity contribution in [2.45, 2.75) is 357 Å². The third-order valence-electron chi connectivity index (χ3n) is 17.3. The predicted octanol–water partition coefficient (Wildman–Crippen LogP) is 15.3. The van der Waals surface area contributed by atoms with E-state index in [1.165, 1.54) is 167 Å². The van der Waals surface area contributed by atoms with Crippen LogP contribution in [0.2, 0.25) is 0 Å². The lowest BCUT2D eigenvalue weighted by Gasteiger charge is -2.46. The Hall–Kier alpha value is -3.09. The van der Waals surface area contributed by atoms with E-state index in [0.29, 0.717) is 6.42 Å². The Bertz CT molecular complexity index is 1880. The van der Waals surface area contributed by atoms with Crippen LogP contribution in [0.4, 0.5) is 0 Å². The smallest absolute Gasteiger partial charge is 0.220 e. The van der Waals surface area contributed by atoms with Crippen molar-refractivity contribution >= 4 is 5.91 Å². The van der Waals surface area contributed by atoms with Gasteiger partial charge in [0.15, 0.2) is 12.6 Å². The molecule has 90 heavy (non-hydrogen) atoms. The molecular weight excluding hydrogens is 1130 g/mol. The number of aliphatic hydroxyl groups is 8. The molecule has 2 fully saturated rings. The lowest BCUT2D eigenvalue weighted by atomic mass is 9.97. The topological polar surface area (TPSA) is 228 Å². The maximum atomic E-state index is 13.4. The molecule has 0 spiro atoms. The quantitative estimate of drug-likeness (QED) is 0.0204. The van der Waals surface area contributed by atoms with Crippen LogP contribution in [0.3, 0.4) is 0 Å². The number of rotatable bonds is 59. The number of carbonyl (C=O) groups excluding carboxylic acids is 1. The highest BCUT2D eigenvalue weighted by Gasteiger charge is 2.51. The van der Waals surface area contributed by atoms with Crippen LogP contribution in [0.5, 0.6) is 0 Å². The van der Waals surface area contributed by atoms with Gasteiger partial charge in [-0.05, 0) is 77.0 Å². The Morgan fingerprint density at radius 3 is 1.18 bits per heavy atom. The van der Waals surface area contributed by atoms with Gasteiger partial charge in [-0.15, -0.1) is 0 Å². The van der Waals surface area contributed by atoms with Gasteiger partial charge in [0.05, 0.1) is 32.0 Å². The first-order valence-corrected chi connectivity index (χ1v) is 36.5. The molecule has 14 nitrogen and oxygen atoms in total. The van der Waals surface area contributed by atoms with Crippen molar-refractivity contribution in [3.05, 3.63) is 97.2 Å². The number of aliphatic hydroxyl groups excluding tert-OH is 8. The van der Waals surface area contributed by atoms with Crippen molar-refractivity contribution < 1.29 is 64.6 Å². The number of allylic oxidation sites excluding steroid dienone is 15. The van der Waals surface area contributed by atoms with Crippen molar-refractivity contribution in [3.8, 4) is 0 Å². The highest BCUT2D eigenvalue weighted by molar-refractivity contribution is 5.76. The summed E-state index contributed by atoms with van der Waals surface area (Å²) in [5.74, 6) is -0.243. The summed E-state index contributed by atoms with van der Waals surface area (Å²) in [6.07, 6.45) is 67.4. The van der Waals surface area contributed by atoms with Crippen molar-refractivity contribution in [2.24, 2.45) is 0 Å². The van der Waals surface area contributed by atoms with Crippen LogP contribution in [0.15, 0.2) is 97.2 Å². The van der Waals surface area contributed by atoms with E-state index in [9.17, 15) is 45.6 Å². The van der Waals surface area contributed by atoms with E-state index in [1.54, 1.807) is 6.08 Å². The molecule has 0 aliphatic carbocycles. The molecule has 2 aliphatic heterocycles. The molecule has 0 aromatic heterocycles. The average molecular weight is 1270 g/mol. The largest absolute Gasteiger partial charge is 0.394 e. The van der Waals surface area contributed by atoms with Gasteiger partial charge in [-0.2, -0.15) is 0 Å². The third kappa shape index (κ3) is 43.0. The molecule has 2 heterocycles. The molecule has 14 heteroatoms. The molecule has 520 valence electrons. The first-order chi connectivity index (χ1) is 44.1. The Balaban J connectivity index is 1.67. The number of hydrogen-bond acceptors (Lipinski definition) is 13. The predicted molar refractivity (Wildman–Crippen MR) is 369 cm³/mol. The normalized spacial score (nSPS) is 23.5. The Morgan fingerprint density at radius 2 is 0.767 bits per heavy atom. The van der Waals surface area contributed by atoms with Crippen LogP contribution < -0.4 is 5.32 Å². The van der Waals surface area contributed by atoms with Crippen LogP contribution in [-0.2, 0) is 23.7 Å². The van der Waals surface area contributed by atoms with Crippen LogP contribution in [-0.4, -0.2) is 140 Å². The zero-order valence-corrected chi connectivity index (χ0v) is 56.6. The summed E-state index contributed by atoms with van der Waals surface area (Å²) in [6, 6.07) is -0.924. The van der Waals surface area contributed by atoms with Gasteiger partial charge in [-0.25, -0.2) is 0 Å². The summed E-state index contributed by atoms with van der Waals surface area (Å²) in [4.78, 5) is 13.4. The average Bonchev–Trinajstić information content (AvgIpc) is 1.41. The van der Waals surface area contributed by atoms with E-state index in [4.69, 9.17) is 18.9 Å². The molecule has 1 amide bonds. The lowest BCUT2D eigenvalue weighted by molar-refractivity contribution is -0.359. The molecule has 2 saturated heterocycles. The summed E-state index contributed by atoms with van der Waals surface area (Å²) in [5.41, 5.74) is 0. The molecule has 0 radical (unpaired) electrons. The van der Waals surface area contributed by atoms with Crippen LogP contribution >= 0.6 is 0 Å². The molecule has 0 saturated carbocycles.